The van der Waals surface area contributed by atoms with Gasteiger partial charge < -0.3 is 10.2 Å². The van der Waals surface area contributed by atoms with Crippen LogP contribution in [0.5, 0.6) is 0 Å². The minimum Gasteiger partial charge on any atom is -0.347 e. The SMILES string of the molecule is O=C(CC1(CCCN2CCN(C(=O)Cc3ccc(C(F)(F)F)cc3)CC2)c2ccccc2Cc2ccccc21)NCC(F)(F)F. The number of nitrogens with one attached hydrogen (secondary N) is 1. The molecule has 1 aliphatic heterocycles. The van der Waals surface area contributed by atoms with Gasteiger partial charge in [-0.15, -0.1) is 0 Å². The average molecular weight is 632 g/mol. The number of halogens is 6. The number of rotatable bonds is 9. The van der Waals surface area contributed by atoms with Crippen LogP contribution in [0.2, 0.25) is 0 Å². The van der Waals surface area contributed by atoms with E-state index in [0.717, 1.165) is 34.4 Å². The summed E-state index contributed by atoms with van der Waals surface area (Å²) in [5.74, 6) is -0.798. The van der Waals surface area contributed by atoms with Crippen LogP contribution in [0, 0.1) is 0 Å². The van der Waals surface area contributed by atoms with E-state index in [1.807, 2.05) is 48.5 Å². The lowest BCUT2D eigenvalue weighted by Gasteiger charge is -2.42. The number of piperazine rings is 1. The number of carbonyl (C=O) groups is 2. The minimum absolute atomic E-state index is 0.0237. The van der Waals surface area contributed by atoms with Crippen LogP contribution in [0.4, 0.5) is 26.3 Å². The summed E-state index contributed by atoms with van der Waals surface area (Å²) in [7, 11) is 0. The van der Waals surface area contributed by atoms with Crippen molar-refractivity contribution in [3.63, 3.8) is 0 Å². The lowest BCUT2D eigenvalue weighted by Crippen LogP contribution is -2.49. The van der Waals surface area contributed by atoms with Crippen molar-refractivity contribution in [2.24, 2.45) is 0 Å². The molecule has 1 saturated heterocycles. The van der Waals surface area contributed by atoms with Crippen molar-refractivity contribution in [1.29, 1.82) is 0 Å². The molecule has 0 aromatic heterocycles. The van der Waals surface area contributed by atoms with Crippen LogP contribution in [-0.4, -0.2) is 67.1 Å². The fourth-order valence-electron chi connectivity index (χ4n) is 6.64. The van der Waals surface area contributed by atoms with Crippen molar-refractivity contribution >= 4 is 11.8 Å². The second-order valence-corrected chi connectivity index (χ2v) is 11.8. The van der Waals surface area contributed by atoms with E-state index in [4.69, 9.17) is 0 Å². The summed E-state index contributed by atoms with van der Waals surface area (Å²) in [6.45, 7) is 1.49. The Bertz CT molecular complexity index is 1450. The van der Waals surface area contributed by atoms with Crippen LogP contribution in [0.25, 0.3) is 0 Å². The maximum atomic E-state index is 13.0. The number of fused-ring (bicyclic) bond motifs is 2. The molecule has 2 amide bonds. The lowest BCUT2D eigenvalue weighted by molar-refractivity contribution is -0.139. The molecule has 11 heteroatoms. The third-order valence-corrected chi connectivity index (χ3v) is 8.83. The molecule has 5 rings (SSSR count). The first-order chi connectivity index (χ1) is 21.3. The lowest BCUT2D eigenvalue weighted by atomic mass is 9.62. The molecule has 0 bridgehead atoms. The number of alkyl halides is 6. The Morgan fingerprint density at radius 1 is 0.778 bits per heavy atom. The van der Waals surface area contributed by atoms with Crippen molar-refractivity contribution in [2.75, 3.05) is 39.3 Å². The quantitative estimate of drug-likeness (QED) is 0.289. The highest BCUT2D eigenvalue weighted by molar-refractivity contribution is 5.80. The van der Waals surface area contributed by atoms with E-state index in [1.54, 1.807) is 4.90 Å². The maximum absolute atomic E-state index is 13.0. The van der Waals surface area contributed by atoms with Gasteiger partial charge in [0.15, 0.2) is 0 Å². The molecule has 1 N–H and O–H groups in total. The van der Waals surface area contributed by atoms with E-state index in [0.29, 0.717) is 57.5 Å². The Morgan fingerprint density at radius 2 is 1.36 bits per heavy atom. The van der Waals surface area contributed by atoms with Crippen molar-refractivity contribution in [3.05, 3.63) is 106 Å². The fourth-order valence-corrected chi connectivity index (χ4v) is 6.64. The molecule has 0 unspecified atom stereocenters. The van der Waals surface area contributed by atoms with Crippen molar-refractivity contribution in [1.82, 2.24) is 15.1 Å². The van der Waals surface area contributed by atoms with E-state index in [1.165, 1.54) is 12.1 Å². The second-order valence-electron chi connectivity index (χ2n) is 11.8. The number of hydrogen-bond acceptors (Lipinski definition) is 3. The van der Waals surface area contributed by atoms with Crippen LogP contribution in [0.1, 0.15) is 52.6 Å². The molecule has 1 aliphatic carbocycles. The van der Waals surface area contributed by atoms with Gasteiger partial charge in [0.1, 0.15) is 6.54 Å². The number of benzene rings is 3. The summed E-state index contributed by atoms with van der Waals surface area (Å²) in [5, 5.41) is 2.08. The topological polar surface area (TPSA) is 52.7 Å². The highest BCUT2D eigenvalue weighted by Gasteiger charge is 2.42. The Hall–Kier alpha value is -3.86. The fraction of sp³-hybridized carbons (Fsp3) is 0.412. The van der Waals surface area contributed by atoms with Crippen LogP contribution in [0.15, 0.2) is 72.8 Å². The second kappa shape index (κ2) is 13.2. The summed E-state index contributed by atoms with van der Waals surface area (Å²) in [6, 6.07) is 20.3. The molecule has 5 nitrogen and oxygen atoms in total. The Morgan fingerprint density at radius 3 is 1.91 bits per heavy atom. The number of hydrogen-bond donors (Lipinski definition) is 1. The van der Waals surface area contributed by atoms with Gasteiger partial charge in [0.2, 0.25) is 11.8 Å². The van der Waals surface area contributed by atoms with Crippen LogP contribution in [0.3, 0.4) is 0 Å². The van der Waals surface area contributed by atoms with Crippen molar-refractivity contribution in [2.45, 2.75) is 49.9 Å². The Kier molecular flexibility index (Phi) is 9.57. The summed E-state index contributed by atoms with van der Waals surface area (Å²) in [6.07, 6.45) is -7.11. The molecule has 0 radical (unpaired) electrons. The predicted molar refractivity (Wildman–Crippen MR) is 158 cm³/mol. The van der Waals surface area contributed by atoms with Gasteiger partial charge in [0, 0.05) is 38.0 Å². The van der Waals surface area contributed by atoms with Crippen LogP contribution < -0.4 is 5.32 Å². The van der Waals surface area contributed by atoms with Gasteiger partial charge in [0.05, 0.1) is 12.0 Å². The number of carbonyl (C=O) groups excluding carboxylic acids is 2. The molecule has 240 valence electrons. The van der Waals surface area contributed by atoms with E-state index in [2.05, 4.69) is 10.2 Å². The first kappa shape index (κ1) is 32.5. The molecule has 0 spiro atoms. The van der Waals surface area contributed by atoms with Crippen molar-refractivity contribution in [3.8, 4) is 0 Å². The third kappa shape index (κ3) is 7.87. The highest BCUT2D eigenvalue weighted by atomic mass is 19.4. The normalized spacial score (nSPS) is 16.5. The first-order valence-corrected chi connectivity index (χ1v) is 15.0. The van der Waals surface area contributed by atoms with Gasteiger partial charge in [-0.25, -0.2) is 0 Å². The van der Waals surface area contributed by atoms with Crippen LogP contribution in [-0.2, 0) is 34.0 Å². The van der Waals surface area contributed by atoms with Gasteiger partial charge in [-0.1, -0.05) is 60.7 Å². The van der Waals surface area contributed by atoms with E-state index in [-0.39, 0.29) is 18.7 Å². The maximum Gasteiger partial charge on any atom is 0.416 e. The molecule has 1 fully saturated rings. The Labute approximate surface area is 258 Å². The molecular weight excluding hydrogens is 596 g/mol. The summed E-state index contributed by atoms with van der Waals surface area (Å²) in [5.41, 5.74) is 3.01. The molecule has 45 heavy (non-hydrogen) atoms. The molecular formula is C34H35F6N3O2. The zero-order valence-corrected chi connectivity index (χ0v) is 24.7. The molecule has 3 aromatic carbocycles. The van der Waals surface area contributed by atoms with E-state index >= 15 is 0 Å². The summed E-state index contributed by atoms with van der Waals surface area (Å²) >= 11 is 0. The molecule has 2 aliphatic rings. The molecule has 0 atom stereocenters. The third-order valence-electron chi connectivity index (χ3n) is 8.83. The molecule has 3 aromatic rings. The van der Waals surface area contributed by atoms with Gasteiger partial charge >= 0.3 is 12.4 Å². The number of nitrogens with zero attached hydrogens (tertiary/aromatic N) is 2. The van der Waals surface area contributed by atoms with Gasteiger partial charge in [-0.05, 0) is 65.8 Å². The predicted octanol–water partition coefficient (Wildman–Crippen LogP) is 6.13. The van der Waals surface area contributed by atoms with Gasteiger partial charge in [-0.2, -0.15) is 26.3 Å². The zero-order chi connectivity index (χ0) is 32.2. The summed E-state index contributed by atoms with van der Waals surface area (Å²) in [4.78, 5) is 29.8. The smallest absolute Gasteiger partial charge is 0.347 e. The largest absolute Gasteiger partial charge is 0.416 e. The van der Waals surface area contributed by atoms with Gasteiger partial charge in [-0.3, -0.25) is 14.5 Å². The minimum atomic E-state index is -4.51. The number of amides is 2. The molecule has 0 saturated carbocycles. The Balaban J connectivity index is 1.23. The average Bonchev–Trinajstić information content (AvgIpc) is 3.00. The van der Waals surface area contributed by atoms with E-state index in [9.17, 15) is 35.9 Å². The first-order valence-electron chi connectivity index (χ1n) is 15.0. The van der Waals surface area contributed by atoms with E-state index < -0.39 is 35.8 Å². The molecule has 1 heterocycles. The van der Waals surface area contributed by atoms with Crippen LogP contribution >= 0.6 is 0 Å². The standard InChI is InChI=1S/C34H35F6N3O2/c35-33(36,37)23-41-30(44)22-32(28-8-3-1-6-25(28)21-26-7-2-4-9-29(26)32)14-5-15-42-16-18-43(19-17-42)31(45)20-24-10-12-27(13-11-24)34(38,39)40/h1-4,6-13H,5,14-23H2,(H,41,44). The van der Waals surface area contributed by atoms with Gasteiger partial charge in [0.25, 0.3) is 0 Å². The summed E-state index contributed by atoms with van der Waals surface area (Å²) < 4.78 is 77.3. The monoisotopic (exact) mass is 631 g/mol. The van der Waals surface area contributed by atoms with Crippen molar-refractivity contribution < 1.29 is 35.9 Å². The zero-order valence-electron chi connectivity index (χ0n) is 24.7. The highest BCUT2D eigenvalue weighted by Crippen LogP contribution is 2.47.